The second kappa shape index (κ2) is 7.94. The maximum atomic E-state index is 12.7. The molecule has 2 aromatic carbocycles. The van der Waals surface area contributed by atoms with E-state index in [1.165, 1.54) is 5.56 Å². The van der Waals surface area contributed by atoms with Crippen LogP contribution in [0.3, 0.4) is 0 Å². The lowest BCUT2D eigenvalue weighted by atomic mass is 9.97. The van der Waals surface area contributed by atoms with Gasteiger partial charge in [-0.05, 0) is 17.5 Å². The summed E-state index contributed by atoms with van der Waals surface area (Å²) in [5, 5.41) is 2.93. The predicted molar refractivity (Wildman–Crippen MR) is 94.8 cm³/mol. The zero-order chi connectivity index (χ0) is 17.6. The van der Waals surface area contributed by atoms with Gasteiger partial charge in [0, 0.05) is 13.6 Å². The van der Waals surface area contributed by atoms with Gasteiger partial charge in [0.15, 0.2) is 6.10 Å². The highest BCUT2D eigenvalue weighted by Crippen LogP contribution is 2.28. The number of hydrogen-bond acceptors (Lipinski definition) is 3. The summed E-state index contributed by atoms with van der Waals surface area (Å²) < 4.78 is 5.59. The highest BCUT2D eigenvalue weighted by molar-refractivity contribution is 5.86. The van der Waals surface area contributed by atoms with Gasteiger partial charge in [0.05, 0.1) is 6.04 Å². The van der Waals surface area contributed by atoms with Gasteiger partial charge < -0.3 is 15.0 Å². The first-order valence-electron chi connectivity index (χ1n) is 8.40. The molecule has 2 atom stereocenters. The Bertz CT molecular complexity index is 718. The number of nitrogens with zero attached hydrogens (tertiary/aromatic N) is 1. The lowest BCUT2D eigenvalue weighted by molar-refractivity contribution is -0.162. The van der Waals surface area contributed by atoms with Gasteiger partial charge in [-0.15, -0.1) is 0 Å². The topological polar surface area (TPSA) is 58.6 Å². The Kier molecular flexibility index (Phi) is 5.46. The second-order valence-electron chi connectivity index (χ2n) is 6.12. The summed E-state index contributed by atoms with van der Waals surface area (Å²) in [6, 6.07) is 19.1. The van der Waals surface area contributed by atoms with Crippen LogP contribution in [0.4, 0.5) is 0 Å². The minimum absolute atomic E-state index is 0.0728. The first-order chi connectivity index (χ1) is 12.2. The summed E-state index contributed by atoms with van der Waals surface area (Å²) in [6.07, 6.45) is 0.0465. The third-order valence-corrected chi connectivity index (χ3v) is 4.44. The van der Waals surface area contributed by atoms with E-state index >= 15 is 0 Å². The standard InChI is InChI=1S/C20H22N2O3/c1-22-17(23)14-25-19(18(22)16-10-6-3-7-11-16)20(24)21-13-12-15-8-4-2-5-9-15/h2-11,18-19H,12-14H2,1H3,(H,21,24)/t18-,19-/m0/s1. The number of ether oxygens (including phenoxy) is 1. The van der Waals surface area contributed by atoms with E-state index in [1.807, 2.05) is 60.7 Å². The molecule has 0 saturated carbocycles. The lowest BCUT2D eigenvalue weighted by Gasteiger charge is -2.38. The molecule has 2 aromatic rings. The summed E-state index contributed by atoms with van der Waals surface area (Å²) in [7, 11) is 1.72. The summed E-state index contributed by atoms with van der Waals surface area (Å²) >= 11 is 0. The molecule has 1 saturated heterocycles. The van der Waals surface area contributed by atoms with Gasteiger partial charge in [-0.1, -0.05) is 60.7 Å². The predicted octanol–water partition coefficient (Wildman–Crippen LogP) is 1.94. The molecule has 1 aliphatic rings. The Balaban J connectivity index is 1.67. The average molecular weight is 338 g/mol. The van der Waals surface area contributed by atoms with Gasteiger partial charge in [0.1, 0.15) is 6.61 Å². The number of rotatable bonds is 5. The van der Waals surface area contributed by atoms with E-state index in [1.54, 1.807) is 11.9 Å². The van der Waals surface area contributed by atoms with Gasteiger partial charge >= 0.3 is 0 Å². The molecule has 0 radical (unpaired) electrons. The smallest absolute Gasteiger partial charge is 0.251 e. The van der Waals surface area contributed by atoms with Gasteiger partial charge in [0.2, 0.25) is 5.91 Å². The summed E-state index contributed by atoms with van der Waals surface area (Å²) in [6.45, 7) is 0.457. The fourth-order valence-electron chi connectivity index (χ4n) is 3.06. The maximum absolute atomic E-state index is 12.7. The van der Waals surface area contributed by atoms with E-state index in [4.69, 9.17) is 4.74 Å². The van der Waals surface area contributed by atoms with E-state index in [0.717, 1.165) is 12.0 Å². The fraction of sp³-hybridized carbons (Fsp3) is 0.300. The van der Waals surface area contributed by atoms with Crippen molar-refractivity contribution in [1.29, 1.82) is 0 Å². The highest BCUT2D eigenvalue weighted by Gasteiger charge is 2.39. The summed E-state index contributed by atoms with van der Waals surface area (Å²) in [4.78, 5) is 26.3. The average Bonchev–Trinajstić information content (AvgIpc) is 2.65. The van der Waals surface area contributed by atoms with Crippen LogP contribution < -0.4 is 5.32 Å². The molecule has 5 nitrogen and oxygen atoms in total. The van der Waals surface area contributed by atoms with Crippen LogP contribution in [0, 0.1) is 0 Å². The van der Waals surface area contributed by atoms with Gasteiger partial charge in [-0.2, -0.15) is 0 Å². The molecule has 1 aliphatic heterocycles. The van der Waals surface area contributed by atoms with E-state index < -0.39 is 12.1 Å². The molecule has 130 valence electrons. The molecule has 25 heavy (non-hydrogen) atoms. The number of nitrogens with one attached hydrogen (secondary N) is 1. The van der Waals surface area contributed by atoms with Gasteiger partial charge in [-0.3, -0.25) is 9.59 Å². The molecule has 1 N–H and O–H groups in total. The zero-order valence-electron chi connectivity index (χ0n) is 14.2. The van der Waals surface area contributed by atoms with E-state index in [-0.39, 0.29) is 18.4 Å². The zero-order valence-corrected chi connectivity index (χ0v) is 14.2. The molecule has 0 aliphatic carbocycles. The summed E-state index contributed by atoms with van der Waals surface area (Å²) in [5.74, 6) is -0.314. The van der Waals surface area contributed by atoms with Crippen molar-refractivity contribution in [3.8, 4) is 0 Å². The molecule has 1 fully saturated rings. The van der Waals surface area contributed by atoms with Crippen LogP contribution in [-0.4, -0.2) is 43.0 Å². The minimum atomic E-state index is -0.708. The molecule has 3 rings (SSSR count). The first-order valence-corrected chi connectivity index (χ1v) is 8.40. The number of carbonyl (C=O) groups is 2. The SMILES string of the molecule is CN1C(=O)CO[C@H](C(=O)NCCc2ccccc2)[C@@H]1c1ccccc1. The van der Waals surface area contributed by atoms with E-state index in [9.17, 15) is 9.59 Å². The summed E-state index contributed by atoms with van der Waals surface area (Å²) in [5.41, 5.74) is 2.06. The fourth-order valence-corrected chi connectivity index (χ4v) is 3.06. The monoisotopic (exact) mass is 338 g/mol. The lowest BCUT2D eigenvalue weighted by Crippen LogP contribution is -2.53. The highest BCUT2D eigenvalue weighted by atomic mass is 16.5. The van der Waals surface area contributed by atoms with Crippen LogP contribution in [0.15, 0.2) is 60.7 Å². The van der Waals surface area contributed by atoms with Crippen LogP contribution in [0.1, 0.15) is 17.2 Å². The van der Waals surface area contributed by atoms with Crippen molar-refractivity contribution in [3.05, 3.63) is 71.8 Å². The van der Waals surface area contributed by atoms with Crippen molar-refractivity contribution in [3.63, 3.8) is 0 Å². The van der Waals surface area contributed by atoms with Gasteiger partial charge in [-0.25, -0.2) is 0 Å². The molecule has 0 unspecified atom stereocenters. The molecule has 5 heteroatoms. The molecule has 0 aromatic heterocycles. The van der Waals surface area contributed by atoms with Crippen molar-refractivity contribution >= 4 is 11.8 Å². The Labute approximate surface area is 147 Å². The molecular weight excluding hydrogens is 316 g/mol. The second-order valence-corrected chi connectivity index (χ2v) is 6.12. The van der Waals surface area contributed by atoms with Crippen LogP contribution in [0.2, 0.25) is 0 Å². The van der Waals surface area contributed by atoms with Crippen molar-refractivity contribution < 1.29 is 14.3 Å². The van der Waals surface area contributed by atoms with Crippen LogP contribution in [-0.2, 0) is 20.7 Å². The Morgan fingerprint density at radius 3 is 2.44 bits per heavy atom. The number of amides is 2. The Hall–Kier alpha value is -2.66. The number of likely N-dealkylation sites (N-methyl/N-ethyl adjacent to an activating group) is 1. The van der Waals surface area contributed by atoms with Crippen LogP contribution in [0.5, 0.6) is 0 Å². The first kappa shape index (κ1) is 17.2. The number of morpholine rings is 1. The normalized spacial score (nSPS) is 20.4. The van der Waals surface area contributed by atoms with Crippen molar-refractivity contribution in [2.24, 2.45) is 0 Å². The Morgan fingerprint density at radius 1 is 1.12 bits per heavy atom. The molecular formula is C20H22N2O3. The largest absolute Gasteiger partial charge is 0.356 e. The van der Waals surface area contributed by atoms with Gasteiger partial charge in [0.25, 0.3) is 5.91 Å². The van der Waals surface area contributed by atoms with E-state index in [0.29, 0.717) is 6.54 Å². The number of carbonyl (C=O) groups excluding carboxylic acids is 2. The van der Waals surface area contributed by atoms with Crippen molar-refractivity contribution in [2.45, 2.75) is 18.6 Å². The Morgan fingerprint density at radius 2 is 1.76 bits per heavy atom. The molecule has 0 bridgehead atoms. The van der Waals surface area contributed by atoms with Crippen LogP contribution >= 0.6 is 0 Å². The molecule has 2 amide bonds. The van der Waals surface area contributed by atoms with Crippen LogP contribution in [0.25, 0.3) is 0 Å². The molecule has 0 spiro atoms. The molecule has 1 heterocycles. The minimum Gasteiger partial charge on any atom is -0.356 e. The van der Waals surface area contributed by atoms with Crippen molar-refractivity contribution in [1.82, 2.24) is 10.2 Å². The third-order valence-electron chi connectivity index (χ3n) is 4.44. The van der Waals surface area contributed by atoms with Crippen molar-refractivity contribution in [2.75, 3.05) is 20.2 Å². The quantitative estimate of drug-likeness (QED) is 0.906. The van der Waals surface area contributed by atoms with E-state index in [2.05, 4.69) is 5.32 Å². The number of benzene rings is 2. The number of hydrogen-bond donors (Lipinski definition) is 1. The third kappa shape index (κ3) is 4.06. The maximum Gasteiger partial charge on any atom is 0.251 e.